The highest BCUT2D eigenvalue weighted by Gasteiger charge is 2.28. The molecule has 0 saturated heterocycles. The maximum absolute atomic E-state index is 12.8. The Balaban J connectivity index is 1.51. The van der Waals surface area contributed by atoms with Gasteiger partial charge in [-0.3, -0.25) is 9.89 Å². The van der Waals surface area contributed by atoms with Gasteiger partial charge in [0.05, 0.1) is 18.4 Å². The molecule has 0 bridgehead atoms. The zero-order valence-electron chi connectivity index (χ0n) is 16.7. The number of benzene rings is 1. The predicted octanol–water partition coefficient (Wildman–Crippen LogP) is 4.50. The van der Waals surface area contributed by atoms with Crippen molar-refractivity contribution in [2.24, 2.45) is 0 Å². The van der Waals surface area contributed by atoms with Gasteiger partial charge in [0.15, 0.2) is 5.82 Å². The van der Waals surface area contributed by atoms with Crippen LogP contribution < -0.4 is 10.2 Å². The first kappa shape index (κ1) is 18.3. The number of amides is 1. The second-order valence-electron chi connectivity index (χ2n) is 8.44. The number of aromatic amines is 1. The standard InChI is InChI=1S/C22H26N4O2/c1-14-11-15-7-5-6-8-17(15)26(14)13-18-16(9-10-28-18)21(27)23-20-12-19(24-25-20)22(2,3)4/h5-10,12,14H,11,13H2,1-4H3,(H2,23,24,25,27). The molecule has 6 heteroatoms. The van der Waals surface area contributed by atoms with E-state index in [9.17, 15) is 4.79 Å². The van der Waals surface area contributed by atoms with E-state index in [1.165, 1.54) is 11.3 Å². The Hall–Kier alpha value is -3.02. The second-order valence-corrected chi connectivity index (χ2v) is 8.44. The number of H-pyrrole nitrogens is 1. The van der Waals surface area contributed by atoms with Crippen molar-refractivity contribution in [3.63, 3.8) is 0 Å². The van der Waals surface area contributed by atoms with Crippen molar-refractivity contribution >= 4 is 17.4 Å². The number of para-hydroxylation sites is 1. The summed E-state index contributed by atoms with van der Waals surface area (Å²) in [4.78, 5) is 15.1. The Labute approximate surface area is 164 Å². The molecule has 0 aliphatic carbocycles. The van der Waals surface area contributed by atoms with Gasteiger partial charge in [0.2, 0.25) is 0 Å². The zero-order chi connectivity index (χ0) is 19.9. The van der Waals surface area contributed by atoms with E-state index in [2.05, 4.69) is 66.3 Å². The molecule has 0 saturated carbocycles. The number of anilines is 2. The summed E-state index contributed by atoms with van der Waals surface area (Å²) in [7, 11) is 0. The number of carbonyl (C=O) groups is 1. The molecule has 1 amide bonds. The Kier molecular flexibility index (Phi) is 4.49. The molecule has 1 aliphatic rings. The van der Waals surface area contributed by atoms with Gasteiger partial charge in [-0.05, 0) is 31.0 Å². The van der Waals surface area contributed by atoms with Crippen molar-refractivity contribution in [3.05, 3.63) is 65.2 Å². The molecule has 146 valence electrons. The number of hydrogen-bond acceptors (Lipinski definition) is 4. The van der Waals surface area contributed by atoms with Crippen molar-refractivity contribution in [2.75, 3.05) is 10.2 Å². The van der Waals surface area contributed by atoms with Crippen LogP contribution >= 0.6 is 0 Å². The van der Waals surface area contributed by atoms with E-state index >= 15 is 0 Å². The van der Waals surface area contributed by atoms with E-state index in [0.717, 1.165) is 12.1 Å². The summed E-state index contributed by atoms with van der Waals surface area (Å²) < 4.78 is 5.68. The van der Waals surface area contributed by atoms with E-state index in [1.54, 1.807) is 12.3 Å². The monoisotopic (exact) mass is 378 g/mol. The smallest absolute Gasteiger partial charge is 0.260 e. The largest absolute Gasteiger partial charge is 0.467 e. The van der Waals surface area contributed by atoms with E-state index in [4.69, 9.17) is 4.42 Å². The van der Waals surface area contributed by atoms with Crippen molar-refractivity contribution in [1.29, 1.82) is 0 Å². The summed E-state index contributed by atoms with van der Waals surface area (Å²) in [6, 6.07) is 12.3. The number of nitrogens with zero attached hydrogens (tertiary/aromatic N) is 2. The molecule has 1 aromatic carbocycles. The predicted molar refractivity (Wildman–Crippen MR) is 110 cm³/mol. The maximum atomic E-state index is 12.8. The highest BCUT2D eigenvalue weighted by molar-refractivity contribution is 6.04. The fourth-order valence-electron chi connectivity index (χ4n) is 3.64. The van der Waals surface area contributed by atoms with Gasteiger partial charge in [-0.15, -0.1) is 0 Å². The quantitative estimate of drug-likeness (QED) is 0.701. The molecule has 0 radical (unpaired) electrons. The Morgan fingerprint density at radius 1 is 1.32 bits per heavy atom. The molecule has 3 heterocycles. The molecule has 28 heavy (non-hydrogen) atoms. The van der Waals surface area contributed by atoms with Crippen molar-refractivity contribution in [2.45, 2.75) is 52.1 Å². The minimum atomic E-state index is -0.212. The van der Waals surface area contributed by atoms with Gasteiger partial charge in [0.1, 0.15) is 5.76 Å². The lowest BCUT2D eigenvalue weighted by Gasteiger charge is -2.24. The molecular weight excluding hydrogens is 352 g/mol. The second kappa shape index (κ2) is 6.86. The highest BCUT2D eigenvalue weighted by atomic mass is 16.3. The van der Waals surface area contributed by atoms with Crippen LogP contribution in [-0.2, 0) is 18.4 Å². The van der Waals surface area contributed by atoms with Crippen LogP contribution in [0.5, 0.6) is 0 Å². The molecule has 4 rings (SSSR count). The van der Waals surface area contributed by atoms with Gasteiger partial charge in [-0.25, -0.2) is 0 Å². The number of fused-ring (bicyclic) bond motifs is 1. The van der Waals surface area contributed by atoms with Gasteiger partial charge in [-0.1, -0.05) is 39.0 Å². The third kappa shape index (κ3) is 3.42. The van der Waals surface area contributed by atoms with Crippen LogP contribution in [0.4, 0.5) is 11.5 Å². The summed E-state index contributed by atoms with van der Waals surface area (Å²) in [6.45, 7) is 9.03. The van der Waals surface area contributed by atoms with E-state index < -0.39 is 0 Å². The van der Waals surface area contributed by atoms with Gasteiger partial charge >= 0.3 is 0 Å². The van der Waals surface area contributed by atoms with Gasteiger partial charge < -0.3 is 14.6 Å². The minimum Gasteiger partial charge on any atom is -0.467 e. The molecule has 2 N–H and O–H groups in total. The fraction of sp³-hybridized carbons (Fsp3) is 0.364. The van der Waals surface area contributed by atoms with E-state index in [-0.39, 0.29) is 11.3 Å². The Morgan fingerprint density at radius 3 is 2.86 bits per heavy atom. The summed E-state index contributed by atoms with van der Waals surface area (Å²) in [5, 5.41) is 10.1. The number of nitrogens with one attached hydrogen (secondary N) is 2. The first-order valence-corrected chi connectivity index (χ1v) is 9.61. The first-order valence-electron chi connectivity index (χ1n) is 9.61. The molecule has 1 aliphatic heterocycles. The molecular formula is C22H26N4O2. The number of rotatable bonds is 4. The lowest BCUT2D eigenvalue weighted by Crippen LogP contribution is -2.29. The average Bonchev–Trinajstić information content (AvgIpc) is 3.34. The molecule has 0 spiro atoms. The van der Waals surface area contributed by atoms with Crippen molar-refractivity contribution in [3.8, 4) is 0 Å². The SMILES string of the molecule is CC1Cc2ccccc2N1Cc1occc1C(=O)Nc1cc(C(C)(C)C)[nH]n1. The number of furan rings is 1. The summed E-state index contributed by atoms with van der Waals surface area (Å²) in [6.07, 6.45) is 2.57. The molecule has 2 aromatic heterocycles. The van der Waals surface area contributed by atoms with Gasteiger partial charge in [0.25, 0.3) is 5.91 Å². The summed E-state index contributed by atoms with van der Waals surface area (Å²) in [5.41, 5.74) is 3.99. The number of carbonyl (C=O) groups excluding carboxylic acids is 1. The van der Waals surface area contributed by atoms with Crippen molar-refractivity contribution in [1.82, 2.24) is 10.2 Å². The van der Waals surface area contributed by atoms with Crippen LogP contribution in [-0.4, -0.2) is 22.1 Å². The van der Waals surface area contributed by atoms with Crippen LogP contribution in [0.25, 0.3) is 0 Å². The first-order chi connectivity index (χ1) is 13.3. The maximum Gasteiger partial charge on any atom is 0.260 e. The van der Waals surface area contributed by atoms with Crippen LogP contribution in [0.15, 0.2) is 47.1 Å². The van der Waals surface area contributed by atoms with Crippen LogP contribution in [0, 0.1) is 0 Å². The molecule has 1 atom stereocenters. The Bertz CT molecular complexity index is 996. The third-order valence-electron chi connectivity index (χ3n) is 5.28. The molecule has 0 fully saturated rings. The number of aromatic nitrogens is 2. The van der Waals surface area contributed by atoms with Crippen LogP contribution in [0.3, 0.4) is 0 Å². The third-order valence-corrected chi connectivity index (χ3v) is 5.28. The minimum absolute atomic E-state index is 0.0595. The van der Waals surface area contributed by atoms with Gasteiger partial charge in [-0.2, -0.15) is 5.10 Å². The lowest BCUT2D eigenvalue weighted by molar-refractivity contribution is 0.102. The average molecular weight is 378 g/mol. The zero-order valence-corrected chi connectivity index (χ0v) is 16.7. The summed E-state index contributed by atoms with van der Waals surface area (Å²) in [5.74, 6) is 0.963. The molecule has 6 nitrogen and oxygen atoms in total. The normalized spacial score (nSPS) is 16.3. The number of hydrogen-bond donors (Lipinski definition) is 2. The van der Waals surface area contributed by atoms with Crippen LogP contribution in [0.2, 0.25) is 0 Å². The van der Waals surface area contributed by atoms with E-state index in [0.29, 0.717) is 29.7 Å². The summed E-state index contributed by atoms with van der Waals surface area (Å²) >= 11 is 0. The van der Waals surface area contributed by atoms with Crippen molar-refractivity contribution < 1.29 is 9.21 Å². The molecule has 3 aromatic rings. The fourth-order valence-corrected chi connectivity index (χ4v) is 3.64. The lowest BCUT2D eigenvalue weighted by atomic mass is 9.92. The highest BCUT2D eigenvalue weighted by Crippen LogP contribution is 2.33. The van der Waals surface area contributed by atoms with Crippen LogP contribution in [0.1, 0.15) is 55.1 Å². The molecule has 1 unspecified atom stereocenters. The Morgan fingerprint density at radius 2 is 2.11 bits per heavy atom. The van der Waals surface area contributed by atoms with E-state index in [1.807, 2.05) is 12.1 Å². The topological polar surface area (TPSA) is 74.2 Å². The van der Waals surface area contributed by atoms with Gasteiger partial charge in [0, 0.05) is 28.9 Å².